The maximum atomic E-state index is 9.03. The molecule has 3 nitrogen and oxygen atoms in total. The molecule has 1 rings (SSSR count). The van der Waals surface area contributed by atoms with E-state index in [2.05, 4.69) is 6.07 Å². The summed E-state index contributed by atoms with van der Waals surface area (Å²) in [6.45, 7) is 1.10. The second-order valence-corrected chi connectivity index (χ2v) is 3.51. The summed E-state index contributed by atoms with van der Waals surface area (Å²) in [6.07, 6.45) is 5.22. The highest BCUT2D eigenvalue weighted by molar-refractivity contribution is 5.03. The highest BCUT2D eigenvalue weighted by Crippen LogP contribution is 2.30. The predicted octanol–water partition coefficient (Wildman–Crippen LogP) is 1.88. The van der Waals surface area contributed by atoms with Gasteiger partial charge in [-0.3, -0.25) is 0 Å². The quantitative estimate of drug-likeness (QED) is 0.625. The van der Waals surface area contributed by atoms with Crippen LogP contribution < -0.4 is 0 Å². The van der Waals surface area contributed by atoms with Gasteiger partial charge in [0.25, 0.3) is 0 Å². The molecule has 0 N–H and O–H groups in total. The monoisotopic (exact) mass is 183 g/mol. The third-order valence-electron chi connectivity index (χ3n) is 2.53. The zero-order valence-electron chi connectivity index (χ0n) is 8.21. The average Bonchev–Trinajstić information content (AvgIpc) is 2.20. The molecular formula is C10H17NO2. The van der Waals surface area contributed by atoms with Crippen molar-refractivity contribution in [3.63, 3.8) is 0 Å². The fraction of sp³-hybridized carbons (Fsp3) is 0.900. The number of hydrogen-bond acceptors (Lipinski definition) is 3. The lowest BCUT2D eigenvalue weighted by Crippen LogP contribution is -2.34. The van der Waals surface area contributed by atoms with Crippen molar-refractivity contribution in [3.05, 3.63) is 0 Å². The number of hydrogen-bond donors (Lipinski definition) is 0. The van der Waals surface area contributed by atoms with E-state index in [0.717, 1.165) is 25.7 Å². The van der Waals surface area contributed by atoms with Crippen LogP contribution in [0.2, 0.25) is 0 Å². The Balaban J connectivity index is 2.35. The standard InChI is InChI=1S/C10H17NO2/c1-12-7-8-13-10(9-11)5-3-2-4-6-10/h2-8H2,1H3. The Kier molecular flexibility index (Phi) is 4.20. The van der Waals surface area contributed by atoms with Crippen LogP contribution >= 0.6 is 0 Å². The summed E-state index contributed by atoms with van der Waals surface area (Å²) in [4.78, 5) is 0. The number of nitriles is 1. The molecule has 74 valence electrons. The van der Waals surface area contributed by atoms with Gasteiger partial charge in [0.15, 0.2) is 5.60 Å². The lowest BCUT2D eigenvalue weighted by molar-refractivity contribution is -0.0465. The van der Waals surface area contributed by atoms with Crippen molar-refractivity contribution >= 4 is 0 Å². The van der Waals surface area contributed by atoms with Crippen LogP contribution in [0.3, 0.4) is 0 Å². The van der Waals surface area contributed by atoms with E-state index in [1.807, 2.05) is 0 Å². The van der Waals surface area contributed by atoms with E-state index in [9.17, 15) is 0 Å². The molecule has 1 aliphatic carbocycles. The second-order valence-electron chi connectivity index (χ2n) is 3.51. The van der Waals surface area contributed by atoms with Gasteiger partial charge in [0.1, 0.15) is 0 Å². The van der Waals surface area contributed by atoms with Crippen LogP contribution in [-0.2, 0) is 9.47 Å². The lowest BCUT2D eigenvalue weighted by Gasteiger charge is -2.30. The van der Waals surface area contributed by atoms with Crippen molar-refractivity contribution in [1.82, 2.24) is 0 Å². The van der Waals surface area contributed by atoms with Crippen LogP contribution in [0, 0.1) is 11.3 Å². The molecule has 0 aliphatic heterocycles. The molecule has 0 saturated heterocycles. The predicted molar refractivity (Wildman–Crippen MR) is 49.3 cm³/mol. The third-order valence-corrected chi connectivity index (χ3v) is 2.53. The van der Waals surface area contributed by atoms with Gasteiger partial charge in [-0.1, -0.05) is 6.42 Å². The molecular weight excluding hydrogens is 166 g/mol. The molecule has 0 heterocycles. The lowest BCUT2D eigenvalue weighted by atomic mass is 9.86. The van der Waals surface area contributed by atoms with Crippen molar-refractivity contribution in [2.24, 2.45) is 0 Å². The third kappa shape index (κ3) is 2.98. The minimum Gasteiger partial charge on any atom is -0.382 e. The van der Waals surface area contributed by atoms with Crippen molar-refractivity contribution in [3.8, 4) is 6.07 Å². The molecule has 0 spiro atoms. The SMILES string of the molecule is COCCOC1(C#N)CCCCC1. The molecule has 0 radical (unpaired) electrons. The molecule has 3 heteroatoms. The van der Waals surface area contributed by atoms with Crippen molar-refractivity contribution in [2.75, 3.05) is 20.3 Å². The first-order chi connectivity index (χ1) is 6.33. The summed E-state index contributed by atoms with van der Waals surface area (Å²) in [5, 5.41) is 9.03. The smallest absolute Gasteiger partial charge is 0.154 e. The summed E-state index contributed by atoms with van der Waals surface area (Å²) in [7, 11) is 1.64. The van der Waals surface area contributed by atoms with Gasteiger partial charge in [0.2, 0.25) is 0 Å². The van der Waals surface area contributed by atoms with Gasteiger partial charge in [-0.2, -0.15) is 5.26 Å². The van der Waals surface area contributed by atoms with Gasteiger partial charge in [0, 0.05) is 7.11 Å². The number of rotatable bonds is 4. The van der Waals surface area contributed by atoms with E-state index in [4.69, 9.17) is 14.7 Å². The Bertz CT molecular complexity index is 180. The van der Waals surface area contributed by atoms with E-state index in [1.165, 1.54) is 6.42 Å². The number of ether oxygens (including phenoxy) is 2. The van der Waals surface area contributed by atoms with E-state index < -0.39 is 5.60 Å². The molecule has 1 fully saturated rings. The Morgan fingerprint density at radius 2 is 1.92 bits per heavy atom. The molecule has 0 atom stereocenters. The summed E-state index contributed by atoms with van der Waals surface area (Å²) >= 11 is 0. The summed E-state index contributed by atoms with van der Waals surface area (Å²) in [6, 6.07) is 2.30. The Morgan fingerprint density at radius 3 is 2.46 bits per heavy atom. The maximum absolute atomic E-state index is 9.03. The van der Waals surface area contributed by atoms with Crippen LogP contribution in [0.15, 0.2) is 0 Å². The molecule has 0 bridgehead atoms. The van der Waals surface area contributed by atoms with E-state index in [1.54, 1.807) is 7.11 Å². The van der Waals surface area contributed by atoms with Gasteiger partial charge < -0.3 is 9.47 Å². The molecule has 0 unspecified atom stereocenters. The van der Waals surface area contributed by atoms with Gasteiger partial charge in [-0.05, 0) is 25.7 Å². The fourth-order valence-electron chi connectivity index (χ4n) is 1.73. The van der Waals surface area contributed by atoms with Crippen molar-refractivity contribution in [2.45, 2.75) is 37.7 Å². The molecule has 0 aromatic rings. The summed E-state index contributed by atoms with van der Waals surface area (Å²) < 4.78 is 10.5. The highest BCUT2D eigenvalue weighted by Gasteiger charge is 2.32. The van der Waals surface area contributed by atoms with Crippen LogP contribution in [0.5, 0.6) is 0 Å². The van der Waals surface area contributed by atoms with Crippen LogP contribution in [-0.4, -0.2) is 25.9 Å². The second kappa shape index (κ2) is 5.21. The van der Waals surface area contributed by atoms with Gasteiger partial charge >= 0.3 is 0 Å². The van der Waals surface area contributed by atoms with Crippen LogP contribution in [0.4, 0.5) is 0 Å². The van der Waals surface area contributed by atoms with Crippen LogP contribution in [0.25, 0.3) is 0 Å². The fourth-order valence-corrected chi connectivity index (χ4v) is 1.73. The van der Waals surface area contributed by atoms with E-state index >= 15 is 0 Å². The van der Waals surface area contributed by atoms with Crippen LogP contribution in [0.1, 0.15) is 32.1 Å². The molecule has 0 aromatic carbocycles. The number of nitrogens with zero attached hydrogens (tertiary/aromatic N) is 1. The van der Waals surface area contributed by atoms with E-state index in [-0.39, 0.29) is 0 Å². The van der Waals surface area contributed by atoms with Gasteiger partial charge in [-0.15, -0.1) is 0 Å². The first-order valence-corrected chi connectivity index (χ1v) is 4.87. The van der Waals surface area contributed by atoms with E-state index in [0.29, 0.717) is 13.2 Å². The van der Waals surface area contributed by atoms with Crippen molar-refractivity contribution < 1.29 is 9.47 Å². The zero-order valence-corrected chi connectivity index (χ0v) is 8.21. The topological polar surface area (TPSA) is 42.2 Å². The number of methoxy groups -OCH3 is 1. The molecule has 1 aliphatic rings. The first kappa shape index (κ1) is 10.5. The zero-order chi connectivity index (χ0) is 9.57. The Labute approximate surface area is 79.6 Å². The minimum atomic E-state index is -0.503. The molecule has 0 aromatic heterocycles. The average molecular weight is 183 g/mol. The largest absolute Gasteiger partial charge is 0.382 e. The maximum Gasteiger partial charge on any atom is 0.154 e. The first-order valence-electron chi connectivity index (χ1n) is 4.87. The normalized spacial score (nSPS) is 20.9. The Hall–Kier alpha value is -0.590. The minimum absolute atomic E-state index is 0.503. The highest BCUT2D eigenvalue weighted by atomic mass is 16.5. The Morgan fingerprint density at radius 1 is 1.23 bits per heavy atom. The van der Waals surface area contributed by atoms with Gasteiger partial charge in [-0.25, -0.2) is 0 Å². The molecule has 0 amide bonds. The molecule has 13 heavy (non-hydrogen) atoms. The molecule has 1 saturated carbocycles. The van der Waals surface area contributed by atoms with Crippen molar-refractivity contribution in [1.29, 1.82) is 5.26 Å². The summed E-state index contributed by atoms with van der Waals surface area (Å²) in [5.41, 5.74) is -0.503. The van der Waals surface area contributed by atoms with Gasteiger partial charge in [0.05, 0.1) is 19.3 Å². The summed E-state index contributed by atoms with van der Waals surface area (Å²) in [5.74, 6) is 0.